The first-order chi connectivity index (χ1) is 6.93. The Hall–Kier alpha value is 0.120. The number of carbonyl (C=O) groups excluding carboxylic acids is 1. The van der Waals surface area contributed by atoms with Crippen LogP contribution in [0.25, 0.3) is 0 Å². The van der Waals surface area contributed by atoms with Crippen LogP contribution in [-0.4, -0.2) is 21.0 Å². The van der Waals surface area contributed by atoms with Crippen molar-refractivity contribution < 1.29 is 4.79 Å². The quantitative estimate of drug-likeness (QED) is 0.401. The van der Waals surface area contributed by atoms with E-state index in [1.54, 1.807) is 0 Å². The van der Waals surface area contributed by atoms with Gasteiger partial charge in [-0.1, -0.05) is 22.6 Å². The molecule has 0 saturated carbocycles. The Morgan fingerprint density at radius 2 is 1.75 bits per heavy atom. The molecule has 0 aliphatic heterocycles. The largest absolute Gasteiger partial charge is 0.344 e. The number of rotatable bonds is 5. The first-order valence-corrected chi connectivity index (χ1v) is 6.70. The van der Waals surface area contributed by atoms with Crippen molar-refractivity contribution in [3.8, 4) is 0 Å². The van der Waals surface area contributed by atoms with Gasteiger partial charge in [0.1, 0.15) is 0 Å². The summed E-state index contributed by atoms with van der Waals surface area (Å²) in [6, 6.07) is 0. The van der Waals surface area contributed by atoms with Gasteiger partial charge in [-0.2, -0.15) is 0 Å². The van der Waals surface area contributed by atoms with Gasteiger partial charge in [-0.15, -0.1) is 0 Å². The highest BCUT2D eigenvalue weighted by Crippen LogP contribution is 2.23. The van der Waals surface area contributed by atoms with E-state index in [-0.39, 0.29) is 15.9 Å². The highest BCUT2D eigenvalue weighted by molar-refractivity contribution is 14.1. The van der Waals surface area contributed by atoms with E-state index in [0.29, 0.717) is 6.42 Å². The molecule has 0 rings (SSSR count). The van der Waals surface area contributed by atoms with Gasteiger partial charge in [0.15, 0.2) is 0 Å². The summed E-state index contributed by atoms with van der Waals surface area (Å²) >= 11 is 2.15. The second kappa shape index (κ2) is 5.64. The van der Waals surface area contributed by atoms with E-state index in [1.807, 2.05) is 34.6 Å². The van der Waals surface area contributed by atoms with Gasteiger partial charge in [0, 0.05) is 11.1 Å². The van der Waals surface area contributed by atoms with Gasteiger partial charge < -0.3 is 16.8 Å². The van der Waals surface area contributed by atoms with Crippen LogP contribution in [0, 0.1) is 5.92 Å². The van der Waals surface area contributed by atoms with Gasteiger partial charge in [0.25, 0.3) is 0 Å². The van der Waals surface area contributed by atoms with E-state index in [0.717, 1.165) is 0 Å². The van der Waals surface area contributed by atoms with Gasteiger partial charge in [-0.25, -0.2) is 0 Å². The zero-order valence-corrected chi connectivity index (χ0v) is 13.0. The SMILES string of the molecule is CC(I)NC(=O)C(CC(C)(C)N)C(C)(C)N. The van der Waals surface area contributed by atoms with Crippen molar-refractivity contribution in [2.75, 3.05) is 0 Å². The Balaban J connectivity index is 4.76. The molecular weight excluding hydrogens is 317 g/mol. The number of nitrogens with one attached hydrogen (secondary N) is 1. The van der Waals surface area contributed by atoms with E-state index < -0.39 is 11.1 Å². The Kier molecular flexibility index (Phi) is 5.68. The van der Waals surface area contributed by atoms with Crippen LogP contribution in [0.4, 0.5) is 0 Å². The Bertz CT molecular complexity index is 241. The van der Waals surface area contributed by atoms with Gasteiger partial charge in [0.2, 0.25) is 5.91 Å². The molecule has 0 fully saturated rings. The molecule has 4 nitrogen and oxygen atoms in total. The van der Waals surface area contributed by atoms with E-state index in [1.165, 1.54) is 0 Å². The molecule has 5 N–H and O–H groups in total. The second-order valence-corrected chi connectivity index (χ2v) is 7.56. The summed E-state index contributed by atoms with van der Waals surface area (Å²) < 4.78 is 0.0934. The minimum Gasteiger partial charge on any atom is -0.344 e. The monoisotopic (exact) mass is 341 g/mol. The molecule has 2 atom stereocenters. The maximum Gasteiger partial charge on any atom is 0.225 e. The number of alkyl halides is 1. The van der Waals surface area contributed by atoms with Crippen molar-refractivity contribution in [3.05, 3.63) is 0 Å². The van der Waals surface area contributed by atoms with Crippen molar-refractivity contribution in [2.24, 2.45) is 17.4 Å². The predicted octanol–water partition coefficient (Wildman–Crippen LogP) is 1.36. The van der Waals surface area contributed by atoms with Crippen molar-refractivity contribution in [1.82, 2.24) is 5.32 Å². The van der Waals surface area contributed by atoms with Crippen molar-refractivity contribution in [3.63, 3.8) is 0 Å². The molecule has 0 spiro atoms. The fourth-order valence-corrected chi connectivity index (χ4v) is 1.82. The molecule has 0 aromatic heterocycles. The minimum atomic E-state index is -0.563. The molecule has 0 aliphatic carbocycles. The molecule has 96 valence electrons. The third-order valence-electron chi connectivity index (χ3n) is 2.29. The average molecular weight is 341 g/mol. The Labute approximate surface area is 112 Å². The lowest BCUT2D eigenvalue weighted by Gasteiger charge is -2.34. The molecule has 16 heavy (non-hydrogen) atoms. The zero-order chi connectivity index (χ0) is 13.1. The average Bonchev–Trinajstić information content (AvgIpc) is 1.94. The summed E-state index contributed by atoms with van der Waals surface area (Å²) in [6.07, 6.45) is 0.575. The van der Waals surface area contributed by atoms with Crippen molar-refractivity contribution in [2.45, 2.75) is 56.2 Å². The first-order valence-electron chi connectivity index (χ1n) is 5.45. The fourth-order valence-electron chi connectivity index (χ4n) is 1.52. The number of nitrogens with two attached hydrogens (primary N) is 2. The third kappa shape index (κ3) is 6.65. The number of hydrogen-bond donors (Lipinski definition) is 3. The molecule has 0 aromatic rings. The zero-order valence-electron chi connectivity index (χ0n) is 10.8. The van der Waals surface area contributed by atoms with Crippen LogP contribution >= 0.6 is 22.6 Å². The topological polar surface area (TPSA) is 81.1 Å². The van der Waals surface area contributed by atoms with Crippen LogP contribution in [0.15, 0.2) is 0 Å². The third-order valence-corrected chi connectivity index (χ3v) is 2.60. The summed E-state index contributed by atoms with van der Waals surface area (Å²) in [7, 11) is 0. The van der Waals surface area contributed by atoms with E-state index >= 15 is 0 Å². The lowest BCUT2D eigenvalue weighted by Crippen LogP contribution is -2.53. The molecule has 0 aromatic carbocycles. The summed E-state index contributed by atoms with van der Waals surface area (Å²) in [4.78, 5) is 12.0. The number of hydrogen-bond acceptors (Lipinski definition) is 3. The number of carbonyl (C=O) groups is 1. The van der Waals surface area contributed by atoms with Crippen LogP contribution in [-0.2, 0) is 4.79 Å². The normalized spacial score (nSPS) is 16.8. The summed E-state index contributed by atoms with van der Waals surface area (Å²) in [5.74, 6) is -0.294. The molecule has 0 radical (unpaired) electrons. The fraction of sp³-hybridized carbons (Fsp3) is 0.909. The molecule has 0 heterocycles. The van der Waals surface area contributed by atoms with Gasteiger partial charge in [-0.3, -0.25) is 4.79 Å². The number of halogens is 1. The molecule has 2 unspecified atom stereocenters. The molecule has 1 amide bonds. The predicted molar refractivity (Wildman–Crippen MR) is 76.3 cm³/mol. The summed E-state index contributed by atoms with van der Waals surface area (Å²) in [6.45, 7) is 9.47. The summed E-state index contributed by atoms with van der Waals surface area (Å²) in [5.41, 5.74) is 11.0. The number of amides is 1. The van der Waals surface area contributed by atoms with E-state index in [2.05, 4.69) is 27.9 Å². The minimum absolute atomic E-state index is 0.0204. The molecule has 5 heteroatoms. The van der Waals surface area contributed by atoms with Gasteiger partial charge in [-0.05, 0) is 41.0 Å². The van der Waals surface area contributed by atoms with E-state index in [4.69, 9.17) is 11.5 Å². The molecular formula is C11H24IN3O. The smallest absolute Gasteiger partial charge is 0.225 e. The lowest BCUT2D eigenvalue weighted by atomic mass is 9.79. The van der Waals surface area contributed by atoms with Gasteiger partial charge in [0.05, 0.1) is 9.97 Å². The van der Waals surface area contributed by atoms with Gasteiger partial charge >= 0.3 is 0 Å². The van der Waals surface area contributed by atoms with E-state index in [9.17, 15) is 4.79 Å². The lowest BCUT2D eigenvalue weighted by molar-refractivity contribution is -0.127. The standard InChI is InChI=1S/C11H24IN3O/c1-7(12)15-9(16)8(11(4,5)14)6-10(2,3)13/h7-8H,6,13-14H2,1-5H3,(H,15,16). The van der Waals surface area contributed by atoms with Crippen molar-refractivity contribution in [1.29, 1.82) is 0 Å². The van der Waals surface area contributed by atoms with Crippen molar-refractivity contribution >= 4 is 28.5 Å². The molecule has 0 aliphatic rings. The maximum atomic E-state index is 12.0. The maximum absolute atomic E-state index is 12.0. The second-order valence-electron chi connectivity index (χ2n) is 5.69. The first kappa shape index (κ1) is 16.1. The van der Waals surface area contributed by atoms with Crippen LogP contribution in [0.2, 0.25) is 0 Å². The highest BCUT2D eigenvalue weighted by Gasteiger charge is 2.35. The molecule has 0 bridgehead atoms. The van der Waals surface area contributed by atoms with Crippen LogP contribution in [0.1, 0.15) is 41.0 Å². The molecule has 0 saturated heterocycles. The van der Waals surface area contributed by atoms with Crippen LogP contribution < -0.4 is 16.8 Å². The Morgan fingerprint density at radius 3 is 2.00 bits per heavy atom. The highest BCUT2D eigenvalue weighted by atomic mass is 127. The summed E-state index contributed by atoms with van der Waals surface area (Å²) in [5, 5.41) is 2.88. The van der Waals surface area contributed by atoms with Crippen LogP contribution in [0.3, 0.4) is 0 Å². The van der Waals surface area contributed by atoms with Crippen LogP contribution in [0.5, 0.6) is 0 Å². The Morgan fingerprint density at radius 1 is 1.31 bits per heavy atom.